The molecule has 5 heteroatoms. The van der Waals surface area contributed by atoms with E-state index in [0.717, 1.165) is 45.0 Å². The zero-order valence-corrected chi connectivity index (χ0v) is 13.7. The summed E-state index contributed by atoms with van der Waals surface area (Å²) < 4.78 is 5.11. The highest BCUT2D eigenvalue weighted by atomic mass is 16.5. The van der Waals surface area contributed by atoms with Gasteiger partial charge in [0.2, 0.25) is 5.88 Å². The van der Waals surface area contributed by atoms with E-state index < -0.39 is 0 Å². The lowest BCUT2D eigenvalue weighted by atomic mass is 10.2. The molecule has 0 amide bonds. The molecule has 3 rings (SSSR count). The van der Waals surface area contributed by atoms with Gasteiger partial charge in [-0.25, -0.2) is 4.98 Å². The average molecular weight is 312 g/mol. The van der Waals surface area contributed by atoms with Gasteiger partial charge >= 0.3 is 0 Å². The molecule has 1 aliphatic rings. The second-order valence-corrected chi connectivity index (χ2v) is 5.94. The Morgan fingerprint density at radius 3 is 2.43 bits per heavy atom. The highest BCUT2D eigenvalue weighted by Crippen LogP contribution is 2.12. The van der Waals surface area contributed by atoms with Crippen molar-refractivity contribution >= 4 is 0 Å². The molecule has 5 nitrogen and oxygen atoms in total. The van der Waals surface area contributed by atoms with Gasteiger partial charge in [-0.15, -0.1) is 0 Å². The van der Waals surface area contributed by atoms with Crippen LogP contribution in [0.2, 0.25) is 0 Å². The molecule has 23 heavy (non-hydrogen) atoms. The van der Waals surface area contributed by atoms with Crippen LogP contribution < -0.4 is 4.74 Å². The van der Waals surface area contributed by atoms with Crippen molar-refractivity contribution in [3.05, 3.63) is 54.0 Å². The first-order chi connectivity index (χ1) is 11.3. The van der Waals surface area contributed by atoms with Crippen molar-refractivity contribution in [1.29, 1.82) is 0 Å². The van der Waals surface area contributed by atoms with Gasteiger partial charge in [0.1, 0.15) is 0 Å². The summed E-state index contributed by atoms with van der Waals surface area (Å²) in [7, 11) is 1.65. The fourth-order valence-electron chi connectivity index (χ4n) is 2.94. The van der Waals surface area contributed by atoms with Crippen LogP contribution in [0, 0.1) is 0 Å². The third-order valence-electron chi connectivity index (χ3n) is 4.21. The smallest absolute Gasteiger partial charge is 0.212 e. The Bertz CT molecular complexity index is 588. The summed E-state index contributed by atoms with van der Waals surface area (Å²) in [4.78, 5) is 13.7. The van der Waals surface area contributed by atoms with E-state index in [1.807, 2.05) is 24.5 Å². The average Bonchev–Trinajstić information content (AvgIpc) is 2.82. The molecule has 1 saturated heterocycles. The summed E-state index contributed by atoms with van der Waals surface area (Å²) in [6, 6.07) is 10.2. The normalized spacial score (nSPS) is 16.9. The van der Waals surface area contributed by atoms with Crippen LogP contribution in [0.5, 0.6) is 5.88 Å². The molecule has 122 valence electrons. The predicted octanol–water partition coefficient (Wildman–Crippen LogP) is 2.19. The first-order valence-electron chi connectivity index (χ1n) is 8.17. The Morgan fingerprint density at radius 2 is 1.78 bits per heavy atom. The third kappa shape index (κ3) is 4.74. The molecule has 2 aromatic rings. The maximum Gasteiger partial charge on any atom is 0.212 e. The minimum Gasteiger partial charge on any atom is -0.481 e. The van der Waals surface area contributed by atoms with Crippen LogP contribution in [-0.2, 0) is 13.1 Å². The summed E-state index contributed by atoms with van der Waals surface area (Å²) in [5, 5.41) is 0. The second kappa shape index (κ2) is 8.04. The number of pyridine rings is 2. The van der Waals surface area contributed by atoms with E-state index in [4.69, 9.17) is 4.74 Å². The number of hydrogen-bond donors (Lipinski definition) is 0. The number of hydrogen-bond acceptors (Lipinski definition) is 5. The van der Waals surface area contributed by atoms with Gasteiger partial charge < -0.3 is 4.74 Å². The Hall–Kier alpha value is -1.98. The molecule has 0 aliphatic carbocycles. The highest BCUT2D eigenvalue weighted by molar-refractivity contribution is 5.17. The van der Waals surface area contributed by atoms with Gasteiger partial charge in [0.15, 0.2) is 0 Å². The van der Waals surface area contributed by atoms with Gasteiger partial charge in [-0.05, 0) is 37.2 Å². The Labute approximate surface area is 137 Å². The lowest BCUT2D eigenvalue weighted by Gasteiger charge is -2.21. The quantitative estimate of drug-likeness (QED) is 0.846. The largest absolute Gasteiger partial charge is 0.481 e. The molecule has 3 heterocycles. The zero-order valence-electron chi connectivity index (χ0n) is 13.7. The molecule has 0 unspecified atom stereocenters. The Morgan fingerprint density at radius 1 is 0.957 bits per heavy atom. The van der Waals surface area contributed by atoms with Crippen LogP contribution in [0.15, 0.2) is 42.7 Å². The van der Waals surface area contributed by atoms with Crippen LogP contribution in [0.4, 0.5) is 0 Å². The lowest BCUT2D eigenvalue weighted by molar-refractivity contribution is 0.245. The van der Waals surface area contributed by atoms with Gasteiger partial charge in [-0.1, -0.05) is 12.1 Å². The van der Waals surface area contributed by atoms with E-state index in [2.05, 4.69) is 38.0 Å². The van der Waals surface area contributed by atoms with E-state index in [0.29, 0.717) is 5.88 Å². The lowest BCUT2D eigenvalue weighted by Crippen LogP contribution is -2.30. The van der Waals surface area contributed by atoms with Crippen molar-refractivity contribution in [2.75, 3.05) is 33.3 Å². The first kappa shape index (κ1) is 15.9. The highest BCUT2D eigenvalue weighted by Gasteiger charge is 2.15. The topological polar surface area (TPSA) is 41.5 Å². The van der Waals surface area contributed by atoms with Gasteiger partial charge in [0.25, 0.3) is 0 Å². The molecular weight excluding hydrogens is 288 g/mol. The van der Waals surface area contributed by atoms with Crippen LogP contribution >= 0.6 is 0 Å². The van der Waals surface area contributed by atoms with Crippen molar-refractivity contribution in [3.8, 4) is 5.88 Å². The van der Waals surface area contributed by atoms with Gasteiger partial charge in [0.05, 0.1) is 12.8 Å². The minimum absolute atomic E-state index is 0.672. The Kier molecular flexibility index (Phi) is 5.56. The summed E-state index contributed by atoms with van der Waals surface area (Å²) in [5.41, 5.74) is 2.39. The molecule has 0 aromatic carbocycles. The fraction of sp³-hybridized carbons (Fsp3) is 0.444. The van der Waals surface area contributed by atoms with Crippen molar-refractivity contribution in [3.63, 3.8) is 0 Å². The summed E-state index contributed by atoms with van der Waals surface area (Å²) >= 11 is 0. The van der Waals surface area contributed by atoms with E-state index in [1.54, 1.807) is 7.11 Å². The maximum atomic E-state index is 5.11. The van der Waals surface area contributed by atoms with Crippen molar-refractivity contribution in [2.45, 2.75) is 19.5 Å². The number of aromatic nitrogens is 2. The molecule has 0 saturated carbocycles. The molecule has 0 spiro atoms. The van der Waals surface area contributed by atoms with E-state index in [9.17, 15) is 0 Å². The molecule has 0 N–H and O–H groups in total. The summed E-state index contributed by atoms with van der Waals surface area (Å²) in [6.07, 6.45) is 4.97. The third-order valence-corrected chi connectivity index (χ3v) is 4.21. The number of ether oxygens (including phenoxy) is 1. The fourth-order valence-corrected chi connectivity index (χ4v) is 2.94. The minimum atomic E-state index is 0.672. The van der Waals surface area contributed by atoms with E-state index >= 15 is 0 Å². The zero-order chi connectivity index (χ0) is 15.9. The van der Waals surface area contributed by atoms with Crippen LogP contribution in [0.25, 0.3) is 0 Å². The monoisotopic (exact) mass is 312 g/mol. The van der Waals surface area contributed by atoms with Gasteiger partial charge in [-0.2, -0.15) is 0 Å². The van der Waals surface area contributed by atoms with E-state index in [-0.39, 0.29) is 0 Å². The molecule has 2 aromatic heterocycles. The molecule has 0 atom stereocenters. The van der Waals surface area contributed by atoms with Crippen LogP contribution in [-0.4, -0.2) is 53.1 Å². The standard InChI is InChI=1S/C18H24N4O/c1-23-18-7-6-16(13-20-18)14-21-9-4-10-22(12-11-21)15-17-5-2-3-8-19-17/h2-3,5-8,13H,4,9-12,14-15H2,1H3. The first-order valence-corrected chi connectivity index (χ1v) is 8.17. The number of methoxy groups -OCH3 is 1. The molecule has 1 fully saturated rings. The number of nitrogens with zero attached hydrogens (tertiary/aromatic N) is 4. The molecular formula is C18H24N4O. The summed E-state index contributed by atoms with van der Waals surface area (Å²) in [5.74, 6) is 0.672. The van der Waals surface area contributed by atoms with Crippen molar-refractivity contribution in [2.24, 2.45) is 0 Å². The van der Waals surface area contributed by atoms with Crippen LogP contribution in [0.3, 0.4) is 0 Å². The molecule has 1 aliphatic heterocycles. The van der Waals surface area contributed by atoms with E-state index in [1.165, 1.54) is 12.0 Å². The van der Waals surface area contributed by atoms with Gasteiger partial charge in [0, 0.05) is 44.6 Å². The van der Waals surface area contributed by atoms with Crippen LogP contribution in [0.1, 0.15) is 17.7 Å². The molecule has 0 bridgehead atoms. The molecule has 0 radical (unpaired) electrons. The van der Waals surface area contributed by atoms with Gasteiger partial charge in [-0.3, -0.25) is 14.8 Å². The maximum absolute atomic E-state index is 5.11. The Balaban J connectivity index is 1.51. The SMILES string of the molecule is COc1ccc(CN2CCCN(Cc3ccccn3)CC2)cn1. The second-order valence-electron chi connectivity index (χ2n) is 5.94. The number of rotatable bonds is 5. The predicted molar refractivity (Wildman–Crippen MR) is 90.2 cm³/mol. The van der Waals surface area contributed by atoms with Crippen molar-refractivity contribution in [1.82, 2.24) is 19.8 Å². The van der Waals surface area contributed by atoms with Crippen molar-refractivity contribution < 1.29 is 4.74 Å². The summed E-state index contributed by atoms with van der Waals surface area (Å²) in [6.45, 7) is 6.32.